The van der Waals surface area contributed by atoms with Crippen molar-refractivity contribution < 1.29 is 9.13 Å². The van der Waals surface area contributed by atoms with Gasteiger partial charge in [-0.25, -0.2) is 4.39 Å². The Kier molecular flexibility index (Phi) is 4.47. The number of anilines is 1. The number of hydrogen-bond acceptors (Lipinski definition) is 3. The maximum atomic E-state index is 13.5. The minimum atomic E-state index is -0.345. The Hall–Kier alpha value is -1.29. The van der Waals surface area contributed by atoms with Crippen LogP contribution in [0.5, 0.6) is 5.75 Å². The highest BCUT2D eigenvalue weighted by Crippen LogP contribution is 2.45. The summed E-state index contributed by atoms with van der Waals surface area (Å²) in [4.78, 5) is 0. The third-order valence-electron chi connectivity index (χ3n) is 4.41. The molecule has 2 unspecified atom stereocenters. The van der Waals surface area contributed by atoms with Crippen molar-refractivity contribution in [1.29, 1.82) is 0 Å². The Morgan fingerprint density at radius 3 is 2.67 bits per heavy atom. The number of rotatable bonds is 4. The SMILES string of the molecule is COc1cc(NC2(CN)CC(C)CC(C)(C)C2)ccc1F. The Bertz CT molecular complexity index is 504. The van der Waals surface area contributed by atoms with Crippen LogP contribution >= 0.6 is 0 Å². The van der Waals surface area contributed by atoms with Gasteiger partial charge in [-0.3, -0.25) is 0 Å². The summed E-state index contributed by atoms with van der Waals surface area (Å²) < 4.78 is 18.6. The molecule has 3 nitrogen and oxygen atoms in total. The molecule has 0 aromatic heterocycles. The van der Waals surface area contributed by atoms with Crippen LogP contribution in [0.4, 0.5) is 10.1 Å². The molecule has 1 saturated carbocycles. The lowest BCUT2D eigenvalue weighted by Gasteiger charge is -2.48. The smallest absolute Gasteiger partial charge is 0.165 e. The van der Waals surface area contributed by atoms with Gasteiger partial charge in [-0.05, 0) is 42.7 Å². The van der Waals surface area contributed by atoms with Crippen molar-refractivity contribution in [2.75, 3.05) is 19.0 Å². The highest BCUT2D eigenvalue weighted by molar-refractivity contribution is 5.51. The Morgan fingerprint density at radius 1 is 1.38 bits per heavy atom. The lowest BCUT2D eigenvalue weighted by Crippen LogP contribution is -2.52. The van der Waals surface area contributed by atoms with Crippen LogP contribution in [0.1, 0.15) is 40.0 Å². The molecule has 21 heavy (non-hydrogen) atoms. The van der Waals surface area contributed by atoms with Crippen LogP contribution in [0, 0.1) is 17.2 Å². The van der Waals surface area contributed by atoms with Gasteiger partial charge < -0.3 is 15.8 Å². The summed E-state index contributed by atoms with van der Waals surface area (Å²) in [6.45, 7) is 7.43. The minimum absolute atomic E-state index is 0.135. The number of ether oxygens (including phenoxy) is 1. The summed E-state index contributed by atoms with van der Waals surface area (Å²) in [7, 11) is 1.48. The summed E-state index contributed by atoms with van der Waals surface area (Å²) in [5.41, 5.74) is 7.09. The number of nitrogens with two attached hydrogens (primary N) is 1. The van der Waals surface area contributed by atoms with E-state index in [-0.39, 0.29) is 22.5 Å². The molecule has 1 aromatic carbocycles. The second-order valence-corrected chi connectivity index (χ2v) is 7.31. The molecular weight excluding hydrogens is 267 g/mol. The van der Waals surface area contributed by atoms with Gasteiger partial charge in [0, 0.05) is 18.3 Å². The summed E-state index contributed by atoms with van der Waals surface area (Å²) in [5.74, 6) is 0.532. The van der Waals surface area contributed by atoms with E-state index in [0.717, 1.165) is 18.5 Å². The fraction of sp³-hybridized carbons (Fsp3) is 0.647. The first-order valence-electron chi connectivity index (χ1n) is 7.61. The fourth-order valence-corrected chi connectivity index (χ4v) is 4.09. The lowest BCUT2D eigenvalue weighted by atomic mass is 9.64. The zero-order valence-electron chi connectivity index (χ0n) is 13.5. The average Bonchev–Trinajstić information content (AvgIpc) is 2.38. The first-order chi connectivity index (χ1) is 9.79. The molecule has 3 N–H and O–H groups in total. The molecule has 4 heteroatoms. The first kappa shape index (κ1) is 16.1. The fourth-order valence-electron chi connectivity index (χ4n) is 4.09. The molecule has 0 heterocycles. The zero-order valence-corrected chi connectivity index (χ0v) is 13.5. The Balaban J connectivity index is 2.25. The van der Waals surface area contributed by atoms with Gasteiger partial charge in [-0.15, -0.1) is 0 Å². The quantitative estimate of drug-likeness (QED) is 0.888. The van der Waals surface area contributed by atoms with E-state index in [9.17, 15) is 4.39 Å². The monoisotopic (exact) mass is 294 g/mol. The van der Waals surface area contributed by atoms with Crippen molar-refractivity contribution in [2.45, 2.75) is 45.6 Å². The average molecular weight is 294 g/mol. The van der Waals surface area contributed by atoms with Gasteiger partial charge in [0.05, 0.1) is 12.6 Å². The van der Waals surface area contributed by atoms with Gasteiger partial charge in [0.2, 0.25) is 0 Å². The molecule has 0 aliphatic heterocycles. The molecule has 0 saturated heterocycles. The molecule has 0 amide bonds. The molecule has 1 fully saturated rings. The van der Waals surface area contributed by atoms with Crippen LogP contribution in [-0.4, -0.2) is 19.2 Å². The number of methoxy groups -OCH3 is 1. The Morgan fingerprint density at radius 2 is 2.10 bits per heavy atom. The molecule has 118 valence electrons. The van der Waals surface area contributed by atoms with Crippen LogP contribution < -0.4 is 15.8 Å². The molecule has 2 atom stereocenters. The van der Waals surface area contributed by atoms with E-state index in [0.29, 0.717) is 12.5 Å². The van der Waals surface area contributed by atoms with Gasteiger partial charge in [0.25, 0.3) is 0 Å². The molecular formula is C17H27FN2O. The van der Waals surface area contributed by atoms with Gasteiger partial charge in [-0.2, -0.15) is 0 Å². The molecule has 1 aliphatic carbocycles. The van der Waals surface area contributed by atoms with E-state index >= 15 is 0 Å². The van der Waals surface area contributed by atoms with Crippen LogP contribution in [0.25, 0.3) is 0 Å². The summed E-state index contributed by atoms with van der Waals surface area (Å²) in [5, 5.41) is 3.56. The highest BCUT2D eigenvalue weighted by Gasteiger charge is 2.42. The van der Waals surface area contributed by atoms with Crippen LogP contribution in [-0.2, 0) is 0 Å². The van der Waals surface area contributed by atoms with Crippen molar-refractivity contribution in [2.24, 2.45) is 17.1 Å². The molecule has 0 bridgehead atoms. The third-order valence-corrected chi connectivity index (χ3v) is 4.41. The molecule has 0 spiro atoms. The first-order valence-corrected chi connectivity index (χ1v) is 7.61. The van der Waals surface area contributed by atoms with E-state index in [1.54, 1.807) is 12.1 Å². The van der Waals surface area contributed by atoms with E-state index in [1.807, 2.05) is 0 Å². The number of hydrogen-bond donors (Lipinski definition) is 2. The third kappa shape index (κ3) is 3.67. The summed E-state index contributed by atoms with van der Waals surface area (Å²) >= 11 is 0. The van der Waals surface area contributed by atoms with Gasteiger partial charge in [-0.1, -0.05) is 20.8 Å². The van der Waals surface area contributed by atoms with Crippen molar-refractivity contribution in [3.05, 3.63) is 24.0 Å². The highest BCUT2D eigenvalue weighted by atomic mass is 19.1. The topological polar surface area (TPSA) is 47.3 Å². The molecule has 1 aromatic rings. The zero-order chi connectivity index (χ0) is 15.7. The van der Waals surface area contributed by atoms with Crippen LogP contribution in [0.3, 0.4) is 0 Å². The summed E-state index contributed by atoms with van der Waals surface area (Å²) in [6.07, 6.45) is 3.26. The maximum absolute atomic E-state index is 13.5. The molecule has 2 rings (SSSR count). The van der Waals surface area contributed by atoms with E-state index in [2.05, 4.69) is 26.1 Å². The predicted octanol–water partition coefficient (Wildman–Crippen LogP) is 3.79. The lowest BCUT2D eigenvalue weighted by molar-refractivity contribution is 0.125. The van der Waals surface area contributed by atoms with Gasteiger partial charge in [0.15, 0.2) is 11.6 Å². The molecule has 1 aliphatic rings. The standard InChI is InChI=1S/C17H27FN2O/c1-12-8-16(2,3)10-17(9-12,11-19)20-13-5-6-14(18)15(7-13)21-4/h5-7,12,20H,8-11,19H2,1-4H3. The largest absolute Gasteiger partial charge is 0.494 e. The second kappa shape index (κ2) is 5.84. The van der Waals surface area contributed by atoms with Crippen molar-refractivity contribution in [3.8, 4) is 5.75 Å². The normalized spacial score (nSPS) is 28.2. The van der Waals surface area contributed by atoms with Crippen LogP contribution in [0.15, 0.2) is 18.2 Å². The minimum Gasteiger partial charge on any atom is -0.494 e. The van der Waals surface area contributed by atoms with Gasteiger partial charge in [0.1, 0.15) is 0 Å². The summed E-state index contributed by atoms with van der Waals surface area (Å²) in [6, 6.07) is 4.89. The van der Waals surface area contributed by atoms with Crippen molar-refractivity contribution >= 4 is 5.69 Å². The van der Waals surface area contributed by atoms with Gasteiger partial charge >= 0.3 is 0 Å². The second-order valence-electron chi connectivity index (χ2n) is 7.31. The van der Waals surface area contributed by atoms with E-state index in [1.165, 1.54) is 19.6 Å². The van der Waals surface area contributed by atoms with E-state index < -0.39 is 0 Å². The number of benzene rings is 1. The number of halogens is 1. The number of nitrogens with one attached hydrogen (secondary N) is 1. The maximum Gasteiger partial charge on any atom is 0.165 e. The van der Waals surface area contributed by atoms with Crippen molar-refractivity contribution in [3.63, 3.8) is 0 Å². The van der Waals surface area contributed by atoms with E-state index in [4.69, 9.17) is 10.5 Å². The molecule has 0 radical (unpaired) electrons. The Labute approximate surface area is 127 Å². The van der Waals surface area contributed by atoms with Crippen molar-refractivity contribution in [1.82, 2.24) is 0 Å². The predicted molar refractivity (Wildman–Crippen MR) is 85.2 cm³/mol. The van der Waals surface area contributed by atoms with Crippen LogP contribution in [0.2, 0.25) is 0 Å².